The third-order valence-electron chi connectivity index (χ3n) is 2.59. The first-order valence-corrected chi connectivity index (χ1v) is 7.60. The molecule has 4 heteroatoms. The van der Waals surface area contributed by atoms with Gasteiger partial charge in [-0.05, 0) is 45.0 Å². The molecule has 0 amide bonds. The lowest BCUT2D eigenvalue weighted by atomic mass is 9.98. The Bertz CT molecular complexity index is 574. The van der Waals surface area contributed by atoms with Crippen LogP contribution in [0.1, 0.15) is 46.6 Å². The Morgan fingerprint density at radius 3 is 1.95 bits per heavy atom. The Hall–Kier alpha value is -1.42. The summed E-state index contributed by atoms with van der Waals surface area (Å²) < 4.78 is 5.82. The molecule has 3 nitrogen and oxygen atoms in total. The van der Waals surface area contributed by atoms with Gasteiger partial charge in [0.15, 0.2) is 0 Å². The molecule has 0 radical (unpaired) electrons. The minimum absolute atomic E-state index is 0.0468. The molecule has 0 aliphatic heterocycles. The Morgan fingerprint density at radius 2 is 1.50 bits per heavy atom. The molecule has 1 heterocycles. The van der Waals surface area contributed by atoms with Crippen LogP contribution in [0.2, 0.25) is 0 Å². The quantitative estimate of drug-likeness (QED) is 0.805. The van der Waals surface area contributed by atoms with E-state index in [1.54, 1.807) is 11.3 Å². The van der Waals surface area contributed by atoms with Crippen molar-refractivity contribution < 1.29 is 4.74 Å². The maximum absolute atomic E-state index is 5.82. The van der Waals surface area contributed by atoms with E-state index in [-0.39, 0.29) is 11.0 Å². The van der Waals surface area contributed by atoms with Crippen molar-refractivity contribution in [1.82, 2.24) is 10.2 Å². The molecule has 20 heavy (non-hydrogen) atoms. The molecule has 0 bridgehead atoms. The van der Waals surface area contributed by atoms with E-state index in [0.29, 0.717) is 0 Å². The summed E-state index contributed by atoms with van der Waals surface area (Å²) in [6.45, 7) is 12.6. The molecular formula is C16H22N2OS. The summed E-state index contributed by atoms with van der Waals surface area (Å²) in [6, 6.07) is 8.04. The van der Waals surface area contributed by atoms with E-state index in [0.717, 1.165) is 21.3 Å². The molecule has 0 aliphatic rings. The van der Waals surface area contributed by atoms with Gasteiger partial charge in [0.1, 0.15) is 21.4 Å². The third-order valence-corrected chi connectivity index (χ3v) is 3.99. The van der Waals surface area contributed by atoms with Crippen LogP contribution in [0.25, 0.3) is 10.6 Å². The molecule has 2 aromatic rings. The third kappa shape index (κ3) is 3.79. The second kappa shape index (κ2) is 5.17. The standard InChI is InChI=1S/C16H22N2OS/c1-15(2,3)14-18-17-13(20-14)11-7-9-12(10-8-11)19-16(4,5)6/h7-10H,1-6H3. The topological polar surface area (TPSA) is 35.0 Å². The van der Waals surface area contributed by atoms with Gasteiger partial charge in [0.25, 0.3) is 0 Å². The summed E-state index contributed by atoms with van der Waals surface area (Å²) in [6.07, 6.45) is 0. The first-order chi connectivity index (χ1) is 9.15. The van der Waals surface area contributed by atoms with Crippen molar-refractivity contribution in [3.63, 3.8) is 0 Å². The van der Waals surface area contributed by atoms with E-state index in [9.17, 15) is 0 Å². The second-order valence-electron chi connectivity index (χ2n) is 6.90. The average Bonchev–Trinajstić information content (AvgIpc) is 2.76. The van der Waals surface area contributed by atoms with E-state index in [2.05, 4.69) is 31.0 Å². The zero-order valence-corrected chi connectivity index (χ0v) is 13.8. The minimum atomic E-state index is -0.177. The van der Waals surface area contributed by atoms with Crippen LogP contribution in [0.3, 0.4) is 0 Å². The number of rotatable bonds is 2. The Morgan fingerprint density at radius 1 is 0.900 bits per heavy atom. The van der Waals surface area contributed by atoms with Crippen molar-refractivity contribution in [3.8, 4) is 16.3 Å². The fourth-order valence-electron chi connectivity index (χ4n) is 1.66. The van der Waals surface area contributed by atoms with E-state index in [4.69, 9.17) is 4.74 Å². The van der Waals surface area contributed by atoms with Crippen molar-refractivity contribution in [3.05, 3.63) is 29.3 Å². The van der Waals surface area contributed by atoms with Crippen LogP contribution in [0.5, 0.6) is 5.75 Å². The smallest absolute Gasteiger partial charge is 0.147 e. The predicted octanol–water partition coefficient (Wildman–Crippen LogP) is 4.68. The molecule has 2 rings (SSSR count). The van der Waals surface area contributed by atoms with Crippen LogP contribution in [-0.2, 0) is 5.41 Å². The van der Waals surface area contributed by atoms with Crippen LogP contribution in [0.15, 0.2) is 24.3 Å². The molecule has 1 aromatic carbocycles. The molecule has 0 atom stereocenters. The van der Waals surface area contributed by atoms with Gasteiger partial charge in [0.05, 0.1) is 0 Å². The number of aromatic nitrogens is 2. The summed E-state index contributed by atoms with van der Waals surface area (Å²) in [5.74, 6) is 0.877. The van der Waals surface area contributed by atoms with Gasteiger partial charge in [-0.25, -0.2) is 0 Å². The lowest BCUT2D eigenvalue weighted by molar-refractivity contribution is 0.131. The SMILES string of the molecule is CC(C)(C)Oc1ccc(-c2nnc(C(C)(C)C)s2)cc1. The summed E-state index contributed by atoms with van der Waals surface area (Å²) in [5, 5.41) is 10.6. The largest absolute Gasteiger partial charge is 0.488 e. The highest BCUT2D eigenvalue weighted by atomic mass is 32.1. The van der Waals surface area contributed by atoms with Gasteiger partial charge in [-0.2, -0.15) is 0 Å². The molecule has 108 valence electrons. The fraction of sp³-hybridized carbons (Fsp3) is 0.500. The van der Waals surface area contributed by atoms with E-state index in [1.807, 2.05) is 45.0 Å². The van der Waals surface area contributed by atoms with Crippen molar-refractivity contribution in [2.45, 2.75) is 52.6 Å². The highest BCUT2D eigenvalue weighted by Gasteiger charge is 2.20. The lowest BCUT2D eigenvalue weighted by Crippen LogP contribution is -2.22. The highest BCUT2D eigenvalue weighted by Crippen LogP contribution is 2.31. The monoisotopic (exact) mass is 290 g/mol. The van der Waals surface area contributed by atoms with Crippen molar-refractivity contribution in [1.29, 1.82) is 0 Å². The van der Waals surface area contributed by atoms with Gasteiger partial charge >= 0.3 is 0 Å². The van der Waals surface area contributed by atoms with Crippen molar-refractivity contribution in [2.24, 2.45) is 0 Å². The zero-order valence-electron chi connectivity index (χ0n) is 13.0. The maximum Gasteiger partial charge on any atom is 0.147 e. The van der Waals surface area contributed by atoms with Gasteiger partial charge in [0, 0.05) is 11.0 Å². The van der Waals surface area contributed by atoms with Crippen LogP contribution >= 0.6 is 11.3 Å². The van der Waals surface area contributed by atoms with Crippen LogP contribution in [-0.4, -0.2) is 15.8 Å². The Labute approximate surface area is 125 Å². The van der Waals surface area contributed by atoms with Gasteiger partial charge < -0.3 is 4.74 Å². The van der Waals surface area contributed by atoms with E-state index >= 15 is 0 Å². The molecule has 0 N–H and O–H groups in total. The van der Waals surface area contributed by atoms with Crippen LogP contribution in [0.4, 0.5) is 0 Å². The van der Waals surface area contributed by atoms with Gasteiger partial charge in [0.2, 0.25) is 0 Å². The minimum Gasteiger partial charge on any atom is -0.488 e. The number of nitrogens with zero attached hydrogens (tertiary/aromatic N) is 2. The van der Waals surface area contributed by atoms with Crippen LogP contribution in [0, 0.1) is 0 Å². The average molecular weight is 290 g/mol. The number of hydrogen-bond acceptors (Lipinski definition) is 4. The fourth-order valence-corrected chi connectivity index (χ4v) is 2.57. The molecule has 0 unspecified atom stereocenters. The van der Waals surface area contributed by atoms with Gasteiger partial charge in [-0.1, -0.05) is 32.1 Å². The number of benzene rings is 1. The normalized spacial score (nSPS) is 12.5. The van der Waals surface area contributed by atoms with Crippen LogP contribution < -0.4 is 4.74 Å². The first kappa shape index (κ1) is 15.0. The van der Waals surface area contributed by atoms with E-state index in [1.165, 1.54) is 0 Å². The molecular weight excluding hydrogens is 268 g/mol. The molecule has 0 saturated carbocycles. The van der Waals surface area contributed by atoms with Gasteiger partial charge in [-0.3, -0.25) is 0 Å². The molecule has 1 aromatic heterocycles. The number of ether oxygens (including phenoxy) is 1. The predicted molar refractivity (Wildman–Crippen MR) is 84.4 cm³/mol. The maximum atomic E-state index is 5.82. The first-order valence-electron chi connectivity index (χ1n) is 6.79. The summed E-state index contributed by atoms with van der Waals surface area (Å²) in [7, 11) is 0. The van der Waals surface area contributed by atoms with Crippen molar-refractivity contribution >= 4 is 11.3 Å². The Kier molecular flexibility index (Phi) is 3.87. The van der Waals surface area contributed by atoms with Gasteiger partial charge in [-0.15, -0.1) is 10.2 Å². The molecule has 0 saturated heterocycles. The summed E-state index contributed by atoms with van der Waals surface area (Å²) >= 11 is 1.65. The number of hydrogen-bond donors (Lipinski definition) is 0. The molecule has 0 spiro atoms. The van der Waals surface area contributed by atoms with Crippen molar-refractivity contribution in [2.75, 3.05) is 0 Å². The lowest BCUT2D eigenvalue weighted by Gasteiger charge is -2.21. The highest BCUT2D eigenvalue weighted by molar-refractivity contribution is 7.14. The summed E-state index contributed by atoms with van der Waals surface area (Å²) in [5.41, 5.74) is 0.953. The second-order valence-corrected chi connectivity index (χ2v) is 7.88. The van der Waals surface area contributed by atoms with E-state index < -0.39 is 0 Å². The Balaban J connectivity index is 2.20. The molecule has 0 aliphatic carbocycles. The molecule has 0 fully saturated rings. The summed E-state index contributed by atoms with van der Waals surface area (Å²) in [4.78, 5) is 0. The zero-order chi connectivity index (χ0) is 15.0.